The standard InChI is InChI=1S/C21H44O3Si/c1-4-6-7-8-9-10-11-12-13-14-15-16-17-18-19-20-21(22)24-25(3)23-5-2/h25H,4-20H2,1-3H3. The van der Waals surface area contributed by atoms with Crippen LogP contribution in [-0.2, 0) is 13.6 Å². The minimum Gasteiger partial charge on any atom is -0.497 e. The number of carbonyl (C=O) groups is 1. The molecular formula is C21H44O3Si. The summed E-state index contributed by atoms with van der Waals surface area (Å²) >= 11 is 0. The Bertz CT molecular complexity index is 284. The average Bonchev–Trinajstić information content (AvgIpc) is 2.58. The van der Waals surface area contributed by atoms with Gasteiger partial charge in [0, 0.05) is 13.0 Å². The van der Waals surface area contributed by atoms with Crippen molar-refractivity contribution in [2.45, 2.75) is 123 Å². The summed E-state index contributed by atoms with van der Waals surface area (Å²) in [5.41, 5.74) is 0. The van der Waals surface area contributed by atoms with Gasteiger partial charge in [-0.25, -0.2) is 0 Å². The van der Waals surface area contributed by atoms with Crippen molar-refractivity contribution in [2.24, 2.45) is 0 Å². The van der Waals surface area contributed by atoms with Crippen molar-refractivity contribution in [3.63, 3.8) is 0 Å². The lowest BCUT2D eigenvalue weighted by Gasteiger charge is -2.11. The van der Waals surface area contributed by atoms with E-state index in [1.807, 2.05) is 13.5 Å². The van der Waals surface area contributed by atoms with Crippen LogP contribution >= 0.6 is 0 Å². The van der Waals surface area contributed by atoms with E-state index in [0.29, 0.717) is 13.0 Å². The number of unbranched alkanes of at least 4 members (excludes halogenated alkanes) is 14. The summed E-state index contributed by atoms with van der Waals surface area (Å²) in [6, 6.07) is 0. The van der Waals surface area contributed by atoms with Gasteiger partial charge in [0.2, 0.25) is 0 Å². The fraction of sp³-hybridized carbons (Fsp3) is 0.952. The molecule has 150 valence electrons. The molecule has 0 rings (SSSR count). The number of carbonyl (C=O) groups excluding carboxylic acids is 1. The molecule has 0 aliphatic carbocycles. The summed E-state index contributed by atoms with van der Waals surface area (Å²) in [5.74, 6) is -0.0673. The highest BCUT2D eigenvalue weighted by molar-refractivity contribution is 6.44. The SMILES string of the molecule is CCCCCCCCCCCCCCCCCC(=O)O[SiH](C)OCC. The molecule has 0 heterocycles. The van der Waals surface area contributed by atoms with Gasteiger partial charge in [-0.05, 0) is 19.9 Å². The molecule has 0 amide bonds. The minimum atomic E-state index is -1.70. The summed E-state index contributed by atoms with van der Waals surface area (Å²) in [5, 5.41) is 0. The first-order valence-electron chi connectivity index (χ1n) is 11.0. The zero-order valence-corrected chi connectivity index (χ0v) is 18.5. The summed E-state index contributed by atoms with van der Waals surface area (Å²) in [6.45, 7) is 6.76. The van der Waals surface area contributed by atoms with E-state index >= 15 is 0 Å². The van der Waals surface area contributed by atoms with Crippen molar-refractivity contribution in [3.8, 4) is 0 Å². The molecule has 3 nitrogen and oxygen atoms in total. The maximum atomic E-state index is 11.6. The largest absolute Gasteiger partial charge is 0.497 e. The monoisotopic (exact) mass is 372 g/mol. The smallest absolute Gasteiger partial charge is 0.382 e. The van der Waals surface area contributed by atoms with Crippen LogP contribution in [0.2, 0.25) is 6.55 Å². The fourth-order valence-electron chi connectivity index (χ4n) is 3.15. The van der Waals surface area contributed by atoms with Crippen LogP contribution in [-0.4, -0.2) is 21.9 Å². The Morgan fingerprint density at radius 2 is 1.08 bits per heavy atom. The molecule has 0 aromatic heterocycles. The Morgan fingerprint density at radius 3 is 1.48 bits per heavy atom. The Labute approximate surface area is 159 Å². The van der Waals surface area contributed by atoms with E-state index in [1.165, 1.54) is 83.5 Å². The highest BCUT2D eigenvalue weighted by atomic mass is 28.3. The lowest BCUT2D eigenvalue weighted by molar-refractivity contribution is -0.136. The molecular weight excluding hydrogens is 328 g/mol. The average molecular weight is 373 g/mol. The third-order valence-electron chi connectivity index (χ3n) is 4.68. The van der Waals surface area contributed by atoms with Crippen molar-refractivity contribution in [2.75, 3.05) is 6.61 Å². The van der Waals surface area contributed by atoms with Gasteiger partial charge in [0.25, 0.3) is 5.97 Å². The molecule has 1 atom stereocenters. The summed E-state index contributed by atoms with van der Waals surface area (Å²) in [6.07, 6.45) is 20.7. The van der Waals surface area contributed by atoms with Gasteiger partial charge < -0.3 is 8.85 Å². The summed E-state index contributed by atoms with van der Waals surface area (Å²) in [4.78, 5) is 11.6. The molecule has 25 heavy (non-hydrogen) atoms. The van der Waals surface area contributed by atoms with Crippen LogP contribution in [0.1, 0.15) is 117 Å². The maximum Gasteiger partial charge on any atom is 0.382 e. The molecule has 0 aliphatic heterocycles. The Hall–Kier alpha value is -0.353. The van der Waals surface area contributed by atoms with Gasteiger partial charge in [-0.2, -0.15) is 0 Å². The number of hydrogen-bond donors (Lipinski definition) is 0. The lowest BCUT2D eigenvalue weighted by atomic mass is 10.0. The van der Waals surface area contributed by atoms with E-state index in [0.717, 1.165) is 12.8 Å². The van der Waals surface area contributed by atoms with Crippen molar-refractivity contribution in [1.29, 1.82) is 0 Å². The second-order valence-electron chi connectivity index (χ2n) is 7.21. The quantitative estimate of drug-likeness (QED) is 0.187. The highest BCUT2D eigenvalue weighted by Gasteiger charge is 2.10. The summed E-state index contributed by atoms with van der Waals surface area (Å²) < 4.78 is 10.6. The second kappa shape index (κ2) is 20.0. The highest BCUT2D eigenvalue weighted by Crippen LogP contribution is 2.13. The molecule has 0 aromatic rings. The van der Waals surface area contributed by atoms with E-state index in [1.54, 1.807) is 0 Å². The first kappa shape index (κ1) is 24.6. The molecule has 0 bridgehead atoms. The van der Waals surface area contributed by atoms with Gasteiger partial charge in [-0.3, -0.25) is 4.79 Å². The van der Waals surface area contributed by atoms with Crippen molar-refractivity contribution < 1.29 is 13.6 Å². The van der Waals surface area contributed by atoms with Crippen LogP contribution in [0.4, 0.5) is 0 Å². The second-order valence-corrected chi connectivity index (χ2v) is 8.92. The summed E-state index contributed by atoms with van der Waals surface area (Å²) in [7, 11) is -1.70. The molecule has 1 unspecified atom stereocenters. The minimum absolute atomic E-state index is 0.0673. The third kappa shape index (κ3) is 19.8. The molecule has 0 aromatic carbocycles. The van der Waals surface area contributed by atoms with Crippen molar-refractivity contribution >= 4 is 15.3 Å². The van der Waals surface area contributed by atoms with E-state index in [-0.39, 0.29) is 5.97 Å². The van der Waals surface area contributed by atoms with Crippen molar-refractivity contribution in [3.05, 3.63) is 0 Å². The molecule has 0 saturated heterocycles. The van der Waals surface area contributed by atoms with Crippen LogP contribution < -0.4 is 0 Å². The van der Waals surface area contributed by atoms with E-state index in [2.05, 4.69) is 6.92 Å². The molecule has 0 fully saturated rings. The van der Waals surface area contributed by atoms with Gasteiger partial charge in [0.15, 0.2) is 0 Å². The fourth-order valence-corrected chi connectivity index (χ4v) is 4.18. The molecule has 0 spiro atoms. The first-order valence-corrected chi connectivity index (χ1v) is 13.1. The van der Waals surface area contributed by atoms with Crippen molar-refractivity contribution in [1.82, 2.24) is 0 Å². The Kier molecular flexibility index (Phi) is 19.7. The van der Waals surface area contributed by atoms with Gasteiger partial charge in [-0.1, -0.05) is 96.8 Å². The van der Waals surface area contributed by atoms with Crippen LogP contribution in [0.25, 0.3) is 0 Å². The predicted molar refractivity (Wildman–Crippen MR) is 110 cm³/mol. The van der Waals surface area contributed by atoms with Gasteiger partial charge in [-0.15, -0.1) is 0 Å². The van der Waals surface area contributed by atoms with Crippen LogP contribution in [0.5, 0.6) is 0 Å². The first-order chi connectivity index (χ1) is 12.2. The molecule has 0 radical (unpaired) electrons. The van der Waals surface area contributed by atoms with Crippen LogP contribution in [0, 0.1) is 0 Å². The molecule has 0 saturated carbocycles. The van der Waals surface area contributed by atoms with E-state index in [9.17, 15) is 4.79 Å². The predicted octanol–water partition coefficient (Wildman–Crippen LogP) is 6.68. The van der Waals surface area contributed by atoms with Gasteiger partial charge in [0.1, 0.15) is 0 Å². The molecule has 0 aliphatic rings. The van der Waals surface area contributed by atoms with Gasteiger partial charge in [0.05, 0.1) is 0 Å². The number of hydrogen-bond acceptors (Lipinski definition) is 3. The zero-order valence-electron chi connectivity index (χ0n) is 17.3. The third-order valence-corrected chi connectivity index (χ3v) is 6.08. The Balaban J connectivity index is 3.15. The van der Waals surface area contributed by atoms with Crippen LogP contribution in [0.15, 0.2) is 0 Å². The Morgan fingerprint density at radius 1 is 0.680 bits per heavy atom. The topological polar surface area (TPSA) is 35.5 Å². The van der Waals surface area contributed by atoms with E-state index < -0.39 is 9.28 Å². The molecule has 4 heteroatoms. The zero-order chi connectivity index (χ0) is 18.6. The van der Waals surface area contributed by atoms with Crippen LogP contribution in [0.3, 0.4) is 0 Å². The number of rotatable bonds is 19. The van der Waals surface area contributed by atoms with E-state index in [4.69, 9.17) is 8.85 Å². The van der Waals surface area contributed by atoms with Gasteiger partial charge >= 0.3 is 9.28 Å². The lowest BCUT2D eigenvalue weighted by Crippen LogP contribution is -2.22. The molecule has 0 N–H and O–H groups in total. The maximum absolute atomic E-state index is 11.6. The normalized spacial score (nSPS) is 12.3.